The average Bonchev–Trinajstić information content (AvgIpc) is 3.27. The zero-order valence-electron chi connectivity index (χ0n) is 18.7. The Balaban J connectivity index is 1.71. The topological polar surface area (TPSA) is 79.8 Å². The smallest absolute Gasteiger partial charge is 0.374 e. The molecule has 194 valence electrons. The SMILES string of the molecule is CCc1cc(Cl)cc([C@]2(C(F)(F)F)CC(c3ccc(C(=O)NCC(=O)NCC(F)(F)F)cc3)=NO2)c1. The molecule has 0 spiro atoms. The number of halogens is 7. The Kier molecular flexibility index (Phi) is 7.87. The van der Waals surface area contributed by atoms with Crippen molar-refractivity contribution in [3.8, 4) is 0 Å². The van der Waals surface area contributed by atoms with E-state index in [0.29, 0.717) is 12.0 Å². The molecule has 0 aliphatic carbocycles. The van der Waals surface area contributed by atoms with Crippen LogP contribution in [0.2, 0.25) is 5.02 Å². The van der Waals surface area contributed by atoms with Gasteiger partial charge in [0, 0.05) is 22.6 Å². The van der Waals surface area contributed by atoms with Crippen molar-refractivity contribution in [2.75, 3.05) is 13.1 Å². The molecule has 3 rings (SSSR count). The summed E-state index contributed by atoms with van der Waals surface area (Å²) < 4.78 is 79.0. The summed E-state index contributed by atoms with van der Waals surface area (Å²) >= 11 is 6.03. The summed E-state index contributed by atoms with van der Waals surface area (Å²) in [7, 11) is 0. The number of oxime groups is 1. The standard InChI is InChI=1S/C23H20ClF6N3O3/c1-2-13-7-16(9-17(24)8-13)21(23(28,29)30)10-18(33-36-21)14-3-5-15(6-4-14)20(35)31-11-19(34)32-12-22(25,26)27/h3-9H,2,10-12H2,1H3,(H,31,35)(H,32,34)/t21-/m0/s1. The van der Waals surface area contributed by atoms with Crippen molar-refractivity contribution in [3.63, 3.8) is 0 Å². The van der Waals surface area contributed by atoms with Crippen LogP contribution in [-0.4, -0.2) is 43.0 Å². The number of alkyl halides is 6. The van der Waals surface area contributed by atoms with Gasteiger partial charge in [0.05, 0.1) is 12.3 Å². The first-order valence-corrected chi connectivity index (χ1v) is 11.0. The van der Waals surface area contributed by atoms with Gasteiger partial charge in [0.1, 0.15) is 6.54 Å². The maximum atomic E-state index is 14.2. The van der Waals surface area contributed by atoms with E-state index in [0.717, 1.165) is 0 Å². The minimum atomic E-state index is -4.82. The summed E-state index contributed by atoms with van der Waals surface area (Å²) in [5.41, 5.74) is -2.04. The van der Waals surface area contributed by atoms with Crippen LogP contribution in [0.5, 0.6) is 0 Å². The first-order valence-electron chi connectivity index (χ1n) is 10.6. The molecule has 2 N–H and O–H groups in total. The van der Waals surface area contributed by atoms with E-state index in [1.54, 1.807) is 18.3 Å². The normalized spacial score (nSPS) is 17.8. The maximum absolute atomic E-state index is 14.2. The zero-order chi connectivity index (χ0) is 26.7. The third kappa shape index (κ3) is 6.28. The van der Waals surface area contributed by atoms with Crippen molar-refractivity contribution in [2.24, 2.45) is 5.16 Å². The highest BCUT2D eigenvalue weighted by molar-refractivity contribution is 6.30. The van der Waals surface area contributed by atoms with Gasteiger partial charge in [-0.2, -0.15) is 26.3 Å². The Bertz CT molecular complexity index is 1170. The molecule has 2 amide bonds. The van der Waals surface area contributed by atoms with Gasteiger partial charge in [0.2, 0.25) is 5.91 Å². The number of aryl methyl sites for hydroxylation is 1. The fourth-order valence-corrected chi connectivity index (χ4v) is 3.74. The van der Waals surface area contributed by atoms with E-state index in [1.165, 1.54) is 36.4 Å². The lowest BCUT2D eigenvalue weighted by Gasteiger charge is -2.30. The van der Waals surface area contributed by atoms with E-state index in [-0.39, 0.29) is 27.4 Å². The highest BCUT2D eigenvalue weighted by atomic mass is 35.5. The van der Waals surface area contributed by atoms with Crippen LogP contribution in [-0.2, 0) is 21.7 Å². The number of nitrogens with zero attached hydrogens (tertiary/aromatic N) is 1. The van der Waals surface area contributed by atoms with Crippen molar-refractivity contribution in [3.05, 3.63) is 69.7 Å². The Morgan fingerprint density at radius 1 is 1.06 bits per heavy atom. The number of nitrogens with one attached hydrogen (secondary N) is 2. The molecule has 1 aliphatic heterocycles. The molecule has 0 aromatic heterocycles. The fraction of sp³-hybridized carbons (Fsp3) is 0.348. The van der Waals surface area contributed by atoms with Crippen molar-refractivity contribution in [2.45, 2.75) is 37.7 Å². The Morgan fingerprint density at radius 3 is 2.31 bits per heavy atom. The Hall–Kier alpha value is -3.28. The van der Waals surface area contributed by atoms with Gasteiger partial charge in [-0.05, 0) is 41.8 Å². The largest absolute Gasteiger partial charge is 0.435 e. The van der Waals surface area contributed by atoms with E-state index in [1.807, 2.05) is 0 Å². The number of hydrogen-bond acceptors (Lipinski definition) is 4. The van der Waals surface area contributed by atoms with Gasteiger partial charge in [-0.3, -0.25) is 9.59 Å². The van der Waals surface area contributed by atoms with Crippen LogP contribution >= 0.6 is 11.6 Å². The summed E-state index contributed by atoms with van der Waals surface area (Å²) in [5.74, 6) is -1.80. The predicted octanol–water partition coefficient (Wildman–Crippen LogP) is 4.89. The Morgan fingerprint density at radius 2 is 1.72 bits per heavy atom. The zero-order valence-corrected chi connectivity index (χ0v) is 19.4. The molecule has 2 aromatic rings. The molecule has 0 fully saturated rings. The van der Waals surface area contributed by atoms with Gasteiger partial charge in [-0.15, -0.1) is 0 Å². The third-order valence-corrected chi connectivity index (χ3v) is 5.61. The van der Waals surface area contributed by atoms with Gasteiger partial charge in [-0.1, -0.05) is 41.9 Å². The van der Waals surface area contributed by atoms with Crippen molar-refractivity contribution >= 4 is 29.1 Å². The monoisotopic (exact) mass is 535 g/mol. The number of carbonyl (C=O) groups is 2. The molecule has 6 nitrogen and oxygen atoms in total. The summed E-state index contributed by atoms with van der Waals surface area (Å²) in [4.78, 5) is 28.6. The first kappa shape index (κ1) is 27.3. The second kappa shape index (κ2) is 10.4. The number of carbonyl (C=O) groups excluding carboxylic acids is 2. The third-order valence-electron chi connectivity index (χ3n) is 5.39. The molecule has 0 unspecified atom stereocenters. The molecule has 13 heteroatoms. The Labute approximate surface area is 206 Å². The number of rotatable bonds is 7. The molecular formula is C23H20ClF6N3O3. The quantitative estimate of drug-likeness (QED) is 0.495. The van der Waals surface area contributed by atoms with Gasteiger partial charge in [-0.25, -0.2) is 0 Å². The second-order valence-corrected chi connectivity index (χ2v) is 8.42. The lowest BCUT2D eigenvalue weighted by molar-refractivity contribution is -0.275. The van der Waals surface area contributed by atoms with Gasteiger partial charge < -0.3 is 15.5 Å². The predicted molar refractivity (Wildman–Crippen MR) is 119 cm³/mol. The molecule has 0 saturated carbocycles. The van der Waals surface area contributed by atoms with Gasteiger partial charge >= 0.3 is 12.4 Å². The number of benzene rings is 2. The number of hydrogen-bond donors (Lipinski definition) is 2. The molecule has 1 atom stereocenters. The molecular weight excluding hydrogens is 516 g/mol. The second-order valence-electron chi connectivity index (χ2n) is 7.98. The van der Waals surface area contributed by atoms with Crippen LogP contribution < -0.4 is 10.6 Å². The van der Waals surface area contributed by atoms with E-state index in [9.17, 15) is 35.9 Å². The van der Waals surface area contributed by atoms with Gasteiger partial charge in [0.25, 0.3) is 11.5 Å². The highest BCUT2D eigenvalue weighted by Gasteiger charge is 2.62. The first-order chi connectivity index (χ1) is 16.7. The van der Waals surface area contributed by atoms with Crippen LogP contribution in [0, 0.1) is 0 Å². The van der Waals surface area contributed by atoms with E-state index < -0.39 is 49.3 Å². The summed E-state index contributed by atoms with van der Waals surface area (Å²) in [6, 6.07) is 9.38. The maximum Gasteiger partial charge on any atom is 0.435 e. The van der Waals surface area contributed by atoms with Crippen molar-refractivity contribution < 1.29 is 40.8 Å². The molecule has 2 aromatic carbocycles. The highest BCUT2D eigenvalue weighted by Crippen LogP contribution is 2.49. The lowest BCUT2D eigenvalue weighted by atomic mass is 9.85. The van der Waals surface area contributed by atoms with E-state index in [4.69, 9.17) is 16.4 Å². The van der Waals surface area contributed by atoms with Crippen LogP contribution in [0.3, 0.4) is 0 Å². The molecule has 0 bridgehead atoms. The van der Waals surface area contributed by atoms with Crippen LogP contribution in [0.25, 0.3) is 0 Å². The molecule has 1 aliphatic rings. The summed E-state index contributed by atoms with van der Waals surface area (Å²) in [6.07, 6.45) is -9.58. The van der Waals surface area contributed by atoms with Crippen molar-refractivity contribution in [1.29, 1.82) is 0 Å². The molecule has 36 heavy (non-hydrogen) atoms. The fourth-order valence-electron chi connectivity index (χ4n) is 3.48. The van der Waals surface area contributed by atoms with Crippen LogP contribution in [0.15, 0.2) is 47.6 Å². The number of amides is 2. The van der Waals surface area contributed by atoms with Crippen LogP contribution in [0.4, 0.5) is 26.3 Å². The lowest BCUT2D eigenvalue weighted by Crippen LogP contribution is -2.42. The average molecular weight is 536 g/mol. The minimum absolute atomic E-state index is 0.0103. The molecule has 0 saturated heterocycles. The van der Waals surface area contributed by atoms with Crippen LogP contribution in [0.1, 0.15) is 40.4 Å². The molecule has 0 radical (unpaired) electrons. The van der Waals surface area contributed by atoms with E-state index in [2.05, 4.69) is 10.5 Å². The van der Waals surface area contributed by atoms with Crippen molar-refractivity contribution in [1.82, 2.24) is 10.6 Å². The minimum Gasteiger partial charge on any atom is -0.374 e. The molecule has 1 heterocycles. The summed E-state index contributed by atoms with van der Waals surface area (Å²) in [6.45, 7) is -0.445. The van der Waals surface area contributed by atoms with Gasteiger partial charge in [0.15, 0.2) is 0 Å². The summed E-state index contributed by atoms with van der Waals surface area (Å²) in [5, 5.41) is 7.57. The van der Waals surface area contributed by atoms with E-state index >= 15 is 0 Å².